The Morgan fingerprint density at radius 2 is 1.50 bits per heavy atom. The standard InChI is InChI=1S/2CHO2.H2N.Zn/c2*2-1-3;;/h2*(H,2,3);1H2;/q;;-1;+1. The zero-order valence-corrected chi connectivity index (χ0v) is 6.96. The first-order valence-electron chi connectivity index (χ1n) is 1.97. The number of hydrogen-bond acceptors (Lipinski definition) is 3. The van der Waals surface area contributed by atoms with Crippen LogP contribution >= 0.6 is 0 Å². The van der Waals surface area contributed by atoms with E-state index in [0.717, 1.165) is 0 Å². The molecule has 0 fully saturated rings. The summed E-state index contributed by atoms with van der Waals surface area (Å²) in [6, 6.07) is 0. The van der Waals surface area contributed by atoms with Gasteiger partial charge in [0.2, 0.25) is 0 Å². The molecule has 0 radical (unpaired) electrons. The molecular formula is C2H4NO4Zn. The quantitative estimate of drug-likeness (QED) is 0.501. The van der Waals surface area contributed by atoms with E-state index in [1.165, 1.54) is 0 Å². The first-order chi connectivity index (χ1) is 3.55. The fourth-order valence-electron chi connectivity index (χ4n) is 0.129. The Labute approximate surface area is 50.3 Å². The van der Waals surface area contributed by atoms with Crippen LogP contribution in [-0.2, 0) is 16.2 Å². The van der Waals surface area contributed by atoms with Crippen LogP contribution in [0.25, 0.3) is 0 Å². The molecule has 0 saturated heterocycles. The molecule has 0 heterocycles. The Hall–Kier alpha value is -0.477. The zero-order valence-electron chi connectivity index (χ0n) is 4.00. The zero-order chi connectivity index (χ0) is 6.73. The van der Waals surface area contributed by atoms with Crippen molar-refractivity contribution in [1.82, 2.24) is 0 Å². The van der Waals surface area contributed by atoms with Gasteiger partial charge in [-0.05, 0) is 0 Å². The van der Waals surface area contributed by atoms with Crippen LogP contribution in [0.1, 0.15) is 0 Å². The summed E-state index contributed by atoms with van der Waals surface area (Å²) in [7, 11) is 0. The van der Waals surface area contributed by atoms with E-state index < -0.39 is 25.3 Å². The predicted molar refractivity (Wildman–Crippen MR) is 20.2 cm³/mol. The molecule has 8 heavy (non-hydrogen) atoms. The molecule has 0 amide bonds. The molecule has 0 rings (SSSR count). The topological polar surface area (TPSA) is 101 Å². The molecule has 0 spiro atoms. The third kappa shape index (κ3) is 2.00. The van der Waals surface area contributed by atoms with Gasteiger partial charge >= 0.3 is 49.6 Å². The number of carboxylic acid groups (broad SMARTS) is 2. The molecule has 43 valence electrons. The second-order valence-electron chi connectivity index (χ2n) is 1.37. The van der Waals surface area contributed by atoms with Crippen molar-refractivity contribution < 1.29 is 36.0 Å². The summed E-state index contributed by atoms with van der Waals surface area (Å²) in [6.07, 6.45) is 0. The Morgan fingerprint density at radius 1 is 1.25 bits per heavy atom. The van der Waals surface area contributed by atoms with Crippen molar-refractivity contribution in [2.45, 2.75) is 0 Å². The van der Waals surface area contributed by atoms with E-state index in [0.29, 0.717) is 0 Å². The van der Waals surface area contributed by atoms with Gasteiger partial charge in [0.15, 0.2) is 0 Å². The minimum absolute atomic E-state index is 1.32. The molecule has 0 saturated carbocycles. The van der Waals surface area contributed by atoms with Gasteiger partial charge in [0, 0.05) is 0 Å². The molecule has 0 aliphatic carbocycles. The predicted octanol–water partition coefficient (Wildman–Crippen LogP) is -0.166. The van der Waals surface area contributed by atoms with Crippen LogP contribution in [0.3, 0.4) is 0 Å². The maximum absolute atomic E-state index is 9.73. The van der Waals surface area contributed by atoms with Gasteiger partial charge in [0.05, 0.1) is 0 Å². The van der Waals surface area contributed by atoms with E-state index in [-0.39, 0.29) is 0 Å². The van der Waals surface area contributed by atoms with Gasteiger partial charge in [-0.2, -0.15) is 0 Å². The number of carbonyl (C=O) groups is 2. The molecule has 0 aromatic rings. The van der Waals surface area contributed by atoms with E-state index in [1.54, 1.807) is 0 Å². The third-order valence-electron chi connectivity index (χ3n) is 0.652. The Morgan fingerprint density at radius 3 is 1.50 bits per heavy atom. The molecule has 0 atom stereocenters. The van der Waals surface area contributed by atoms with Crippen molar-refractivity contribution in [2.75, 3.05) is 0 Å². The number of rotatable bonds is 2. The van der Waals surface area contributed by atoms with Gasteiger partial charge < -0.3 is 0 Å². The van der Waals surface area contributed by atoms with Crippen LogP contribution in [0.4, 0.5) is 9.59 Å². The number of hydrogen-bond donors (Lipinski definition) is 3. The van der Waals surface area contributed by atoms with Crippen LogP contribution in [0, 0.1) is 0 Å². The molecular weight excluding hydrogens is 167 g/mol. The van der Waals surface area contributed by atoms with E-state index in [2.05, 4.69) is 0 Å². The van der Waals surface area contributed by atoms with Crippen LogP contribution in [0.2, 0.25) is 0 Å². The summed E-state index contributed by atoms with van der Waals surface area (Å²) in [5, 5.41) is 15.9. The molecule has 4 N–H and O–H groups in total. The molecule has 0 aliphatic heterocycles. The van der Waals surface area contributed by atoms with E-state index in [1.807, 2.05) is 0 Å². The number of nitrogens with two attached hydrogens (primary N) is 1. The van der Waals surface area contributed by atoms with Gasteiger partial charge in [0.25, 0.3) is 0 Å². The van der Waals surface area contributed by atoms with Crippen molar-refractivity contribution >= 4 is 9.13 Å². The summed E-state index contributed by atoms with van der Waals surface area (Å²) in [6.45, 7) is 0. The molecule has 0 aromatic carbocycles. The average Bonchev–Trinajstić information content (AvgIpc) is 1.64. The Bertz CT molecular complexity index is 109. The normalized spacial score (nSPS) is 8.12. The Kier molecular flexibility index (Phi) is 2.58. The fraction of sp³-hybridized carbons (Fsp3) is 0. The summed E-state index contributed by atoms with van der Waals surface area (Å²) in [5.41, 5.74) is 0. The van der Waals surface area contributed by atoms with Crippen LogP contribution < -0.4 is 4.48 Å². The van der Waals surface area contributed by atoms with Gasteiger partial charge in [-0.25, -0.2) is 0 Å². The van der Waals surface area contributed by atoms with Gasteiger partial charge in [-0.15, -0.1) is 0 Å². The molecule has 0 aliphatic rings. The first kappa shape index (κ1) is 7.52. The van der Waals surface area contributed by atoms with Crippen molar-refractivity contribution in [2.24, 2.45) is 4.48 Å². The molecule has 6 heteroatoms. The molecule has 0 bridgehead atoms. The van der Waals surface area contributed by atoms with E-state index >= 15 is 0 Å². The van der Waals surface area contributed by atoms with Gasteiger partial charge in [-0.3, -0.25) is 0 Å². The summed E-state index contributed by atoms with van der Waals surface area (Å²) in [5.74, 6) is 0. The van der Waals surface area contributed by atoms with Crippen LogP contribution in [0.15, 0.2) is 0 Å². The van der Waals surface area contributed by atoms with Crippen molar-refractivity contribution in [3.8, 4) is 0 Å². The van der Waals surface area contributed by atoms with Gasteiger partial charge in [-0.1, -0.05) is 0 Å². The Balaban J connectivity index is 3.83. The minimum atomic E-state index is -3.62. The van der Waals surface area contributed by atoms with Crippen molar-refractivity contribution in [3.63, 3.8) is 0 Å². The van der Waals surface area contributed by atoms with Gasteiger partial charge in [0.1, 0.15) is 0 Å². The fourth-order valence-corrected chi connectivity index (χ4v) is 0.672. The third-order valence-corrected chi connectivity index (χ3v) is 3.39. The second kappa shape index (κ2) is 2.74. The summed E-state index contributed by atoms with van der Waals surface area (Å²) >= 11 is -3.62. The van der Waals surface area contributed by atoms with Crippen molar-refractivity contribution in [1.29, 1.82) is 0 Å². The van der Waals surface area contributed by atoms with E-state index in [9.17, 15) is 9.59 Å². The molecule has 0 aromatic heterocycles. The second-order valence-corrected chi connectivity index (χ2v) is 6.37. The molecule has 5 nitrogen and oxygen atoms in total. The van der Waals surface area contributed by atoms with E-state index in [4.69, 9.17) is 14.7 Å². The maximum atomic E-state index is 9.73. The average molecular weight is 171 g/mol. The monoisotopic (exact) mass is 170 g/mol. The van der Waals surface area contributed by atoms with Crippen LogP contribution in [-0.4, -0.2) is 19.3 Å². The first-order valence-corrected chi connectivity index (χ1v) is 6.65. The summed E-state index contributed by atoms with van der Waals surface area (Å²) in [4.78, 5) is 19.5. The van der Waals surface area contributed by atoms with Crippen LogP contribution in [0.5, 0.6) is 0 Å². The molecule has 0 unspecified atom stereocenters. The SMILES string of the molecule is [NH2][Zn]([C](=O)O)[C](=O)O. The summed E-state index contributed by atoms with van der Waals surface area (Å²) < 4.78 is 2.13. The van der Waals surface area contributed by atoms with Crippen molar-refractivity contribution in [3.05, 3.63) is 0 Å².